The van der Waals surface area contributed by atoms with Gasteiger partial charge in [0.2, 0.25) is 0 Å². The molecule has 0 unspecified atom stereocenters. The summed E-state index contributed by atoms with van der Waals surface area (Å²) in [7, 11) is 0. The summed E-state index contributed by atoms with van der Waals surface area (Å²) in [5, 5.41) is 0. The van der Waals surface area contributed by atoms with Crippen LogP contribution in [-0.4, -0.2) is 42.6 Å². The smallest absolute Gasteiger partial charge is 0.437 e. The fourth-order valence-electron chi connectivity index (χ4n) is 5.03. The van der Waals surface area contributed by atoms with Crippen molar-refractivity contribution in [1.29, 1.82) is 0 Å². The van der Waals surface area contributed by atoms with E-state index in [1.165, 1.54) is 0 Å². The number of halogens is 2. The second-order valence-corrected chi connectivity index (χ2v) is 8.52. The lowest BCUT2D eigenvalue weighted by molar-refractivity contribution is -0.216. The number of alkyl halides is 2. The molecule has 8 heteroatoms. The van der Waals surface area contributed by atoms with Crippen molar-refractivity contribution in [2.75, 3.05) is 13.2 Å². The minimum Gasteiger partial charge on any atom is -0.462 e. The van der Waals surface area contributed by atoms with Crippen LogP contribution in [-0.2, 0) is 28.6 Å². The monoisotopic (exact) mass is 388 g/mol. The van der Waals surface area contributed by atoms with Gasteiger partial charge in [-0.2, -0.15) is 8.78 Å². The number of carbonyl (C=O) groups excluding carboxylic acids is 3. The Hall–Kier alpha value is -1.73. The summed E-state index contributed by atoms with van der Waals surface area (Å²) >= 11 is 0. The molecule has 0 aromatic heterocycles. The summed E-state index contributed by atoms with van der Waals surface area (Å²) < 4.78 is 42.7. The van der Waals surface area contributed by atoms with Gasteiger partial charge >= 0.3 is 23.8 Å². The molecule has 4 bridgehead atoms. The van der Waals surface area contributed by atoms with Crippen LogP contribution in [0.3, 0.4) is 0 Å². The van der Waals surface area contributed by atoms with E-state index in [1.807, 2.05) is 0 Å². The minimum atomic E-state index is -4.37. The zero-order valence-electron chi connectivity index (χ0n) is 15.7. The molecule has 0 radical (unpaired) electrons. The van der Waals surface area contributed by atoms with Gasteiger partial charge in [-0.25, -0.2) is 9.59 Å². The van der Waals surface area contributed by atoms with Crippen molar-refractivity contribution in [3.05, 3.63) is 0 Å². The molecule has 0 aromatic rings. The number of ether oxygens (including phenoxy) is 3. The molecule has 0 amide bonds. The lowest BCUT2D eigenvalue weighted by Gasteiger charge is -2.55. The van der Waals surface area contributed by atoms with Crippen LogP contribution in [0.15, 0.2) is 0 Å². The Morgan fingerprint density at radius 3 is 1.89 bits per heavy atom. The molecule has 0 heterocycles. The molecule has 4 aliphatic rings. The number of carbonyl (C=O) groups is 3. The molecule has 4 aliphatic carbocycles. The van der Waals surface area contributed by atoms with Gasteiger partial charge in [-0.05, 0) is 56.3 Å². The van der Waals surface area contributed by atoms with Gasteiger partial charge in [0.1, 0.15) is 18.8 Å². The van der Waals surface area contributed by atoms with Gasteiger partial charge in [0.15, 0.2) is 0 Å². The Bertz CT molecular complexity index is 580. The molecule has 27 heavy (non-hydrogen) atoms. The summed E-state index contributed by atoms with van der Waals surface area (Å²) in [6.45, 7) is 2.34. The van der Waals surface area contributed by atoms with Crippen LogP contribution in [0.5, 0.6) is 0 Å². The maximum atomic E-state index is 14.2. The quantitative estimate of drug-likeness (QED) is 0.289. The van der Waals surface area contributed by atoms with Gasteiger partial charge in [-0.15, -0.1) is 0 Å². The van der Waals surface area contributed by atoms with Crippen LogP contribution >= 0.6 is 0 Å². The van der Waals surface area contributed by atoms with Crippen LogP contribution in [0, 0.1) is 23.7 Å². The standard InChI is InChI=1S/C19H26F2O6/c1-11(2)15(22)25-3-4-26-16(23)19(20,21)17(24)27-18-8-12-5-13(9-18)7-14(6-12)10-18/h11-14H,3-10H2,1-2H3. The van der Waals surface area contributed by atoms with E-state index in [4.69, 9.17) is 9.47 Å². The van der Waals surface area contributed by atoms with E-state index in [0.29, 0.717) is 37.0 Å². The summed E-state index contributed by atoms with van der Waals surface area (Å²) in [6.07, 6.45) is 5.02. The molecule has 4 fully saturated rings. The van der Waals surface area contributed by atoms with Crippen LogP contribution in [0.4, 0.5) is 8.78 Å². The topological polar surface area (TPSA) is 78.9 Å². The highest BCUT2D eigenvalue weighted by molar-refractivity contribution is 6.01. The van der Waals surface area contributed by atoms with E-state index in [-0.39, 0.29) is 12.5 Å². The van der Waals surface area contributed by atoms with Crippen molar-refractivity contribution >= 4 is 17.9 Å². The normalized spacial score (nSPS) is 31.7. The lowest BCUT2D eigenvalue weighted by Crippen LogP contribution is -2.55. The van der Waals surface area contributed by atoms with Gasteiger partial charge in [-0.1, -0.05) is 13.8 Å². The van der Waals surface area contributed by atoms with Crippen molar-refractivity contribution in [2.45, 2.75) is 63.9 Å². The fraction of sp³-hybridized carbons (Fsp3) is 0.842. The predicted octanol–water partition coefficient (Wildman–Crippen LogP) is 2.88. The number of esters is 3. The Morgan fingerprint density at radius 1 is 0.926 bits per heavy atom. The average molecular weight is 388 g/mol. The van der Waals surface area contributed by atoms with E-state index < -0.39 is 36.0 Å². The van der Waals surface area contributed by atoms with Crippen LogP contribution in [0.25, 0.3) is 0 Å². The SMILES string of the molecule is CC(C)C(=O)OCCOC(=O)C(F)(F)C(=O)OC12CC3CC(CC(C3)C1)C2. The number of rotatable bonds is 7. The number of hydrogen-bond donors (Lipinski definition) is 0. The van der Waals surface area contributed by atoms with E-state index >= 15 is 0 Å². The molecule has 4 saturated carbocycles. The maximum absolute atomic E-state index is 14.2. The van der Waals surface area contributed by atoms with Crippen LogP contribution < -0.4 is 0 Å². The van der Waals surface area contributed by atoms with Crippen molar-refractivity contribution < 1.29 is 37.4 Å². The van der Waals surface area contributed by atoms with Crippen molar-refractivity contribution in [3.8, 4) is 0 Å². The highest BCUT2D eigenvalue weighted by Gasteiger charge is 2.58. The molecule has 4 rings (SSSR count). The second kappa shape index (κ2) is 7.36. The van der Waals surface area contributed by atoms with Crippen molar-refractivity contribution in [3.63, 3.8) is 0 Å². The maximum Gasteiger partial charge on any atom is 0.437 e. The fourth-order valence-corrected chi connectivity index (χ4v) is 5.03. The van der Waals surface area contributed by atoms with E-state index in [0.717, 1.165) is 19.3 Å². The van der Waals surface area contributed by atoms with E-state index in [2.05, 4.69) is 4.74 Å². The third kappa shape index (κ3) is 4.24. The molecular weight excluding hydrogens is 362 g/mol. The minimum absolute atomic E-state index is 0.344. The molecule has 0 atom stereocenters. The zero-order chi connectivity index (χ0) is 19.8. The average Bonchev–Trinajstić information content (AvgIpc) is 2.56. The summed E-state index contributed by atoms with van der Waals surface area (Å²) in [5.74, 6) is -7.84. The Labute approximate surface area is 156 Å². The highest BCUT2D eigenvalue weighted by atomic mass is 19.3. The van der Waals surface area contributed by atoms with Gasteiger partial charge in [0, 0.05) is 0 Å². The molecule has 0 spiro atoms. The molecule has 6 nitrogen and oxygen atoms in total. The molecule has 0 saturated heterocycles. The highest BCUT2D eigenvalue weighted by Crippen LogP contribution is 2.57. The molecule has 0 aliphatic heterocycles. The van der Waals surface area contributed by atoms with Crippen molar-refractivity contribution in [1.82, 2.24) is 0 Å². The third-order valence-electron chi connectivity index (χ3n) is 5.84. The summed E-state index contributed by atoms with van der Waals surface area (Å²) in [6, 6.07) is 0. The Kier molecular flexibility index (Phi) is 5.45. The molecule has 0 aromatic carbocycles. The van der Waals surface area contributed by atoms with E-state index in [1.54, 1.807) is 13.8 Å². The Morgan fingerprint density at radius 2 is 1.41 bits per heavy atom. The third-order valence-corrected chi connectivity index (χ3v) is 5.84. The first-order chi connectivity index (χ1) is 12.6. The zero-order valence-corrected chi connectivity index (χ0v) is 15.7. The molecule has 152 valence electrons. The predicted molar refractivity (Wildman–Crippen MR) is 88.7 cm³/mol. The lowest BCUT2D eigenvalue weighted by atomic mass is 9.54. The number of hydrogen-bond acceptors (Lipinski definition) is 6. The van der Waals surface area contributed by atoms with Crippen LogP contribution in [0.2, 0.25) is 0 Å². The largest absolute Gasteiger partial charge is 0.462 e. The van der Waals surface area contributed by atoms with Crippen LogP contribution in [0.1, 0.15) is 52.4 Å². The van der Waals surface area contributed by atoms with Gasteiger partial charge in [-0.3, -0.25) is 4.79 Å². The van der Waals surface area contributed by atoms with Crippen molar-refractivity contribution in [2.24, 2.45) is 23.7 Å². The molecular formula is C19H26F2O6. The first-order valence-corrected chi connectivity index (χ1v) is 9.56. The van der Waals surface area contributed by atoms with Gasteiger partial charge in [0.05, 0.1) is 5.92 Å². The second-order valence-electron chi connectivity index (χ2n) is 8.52. The first kappa shape index (κ1) is 20.0. The Balaban J connectivity index is 1.51. The van der Waals surface area contributed by atoms with Gasteiger partial charge in [0.25, 0.3) is 0 Å². The van der Waals surface area contributed by atoms with E-state index in [9.17, 15) is 23.2 Å². The summed E-state index contributed by atoms with van der Waals surface area (Å²) in [4.78, 5) is 35.0. The van der Waals surface area contributed by atoms with Gasteiger partial charge < -0.3 is 14.2 Å². The molecule has 0 N–H and O–H groups in total. The summed E-state index contributed by atoms with van der Waals surface area (Å²) in [5.41, 5.74) is -0.859. The first-order valence-electron chi connectivity index (χ1n) is 9.56.